The second-order valence-corrected chi connectivity index (χ2v) is 5.05. The van der Waals surface area contributed by atoms with E-state index in [1.807, 2.05) is 6.92 Å². The summed E-state index contributed by atoms with van der Waals surface area (Å²) < 4.78 is 10.4. The smallest absolute Gasteiger partial charge is 0.225 e. The van der Waals surface area contributed by atoms with Crippen molar-refractivity contribution < 1.29 is 19.4 Å². The van der Waals surface area contributed by atoms with Crippen LogP contribution in [0.15, 0.2) is 0 Å². The minimum absolute atomic E-state index is 0.129. The van der Waals surface area contributed by atoms with Crippen molar-refractivity contribution in [3.05, 3.63) is 16.0 Å². The van der Waals surface area contributed by atoms with Crippen LogP contribution in [-0.2, 0) is 9.47 Å². The summed E-state index contributed by atoms with van der Waals surface area (Å²) in [6.07, 6.45) is 0.184. The van der Waals surface area contributed by atoms with Crippen LogP contribution < -0.4 is 10.4 Å². The SMILES string of the molecule is C[C@H](COC[C@@H]1CO1)Nc1nc(Cl)nc(C(=O)[O-])c1Cl. The molecule has 0 saturated carbocycles. The van der Waals surface area contributed by atoms with Gasteiger partial charge in [0.1, 0.15) is 16.8 Å². The summed E-state index contributed by atoms with van der Waals surface area (Å²) in [5, 5.41) is 13.4. The summed E-state index contributed by atoms with van der Waals surface area (Å²) in [4.78, 5) is 18.2. The number of ether oxygens (including phenoxy) is 2. The molecular formula is C11H12Cl2N3O4-. The number of carbonyl (C=O) groups is 1. The molecule has 0 unspecified atom stereocenters. The van der Waals surface area contributed by atoms with E-state index in [0.29, 0.717) is 13.2 Å². The molecule has 1 aromatic rings. The third-order valence-electron chi connectivity index (χ3n) is 2.47. The molecule has 2 heterocycles. The van der Waals surface area contributed by atoms with Gasteiger partial charge in [0.2, 0.25) is 5.28 Å². The molecular weight excluding hydrogens is 309 g/mol. The minimum atomic E-state index is -1.52. The van der Waals surface area contributed by atoms with Crippen LogP contribution in [0.2, 0.25) is 10.3 Å². The number of hydrogen-bond acceptors (Lipinski definition) is 7. The number of carbonyl (C=O) groups excluding carboxylic acids is 1. The number of epoxide rings is 1. The topological polar surface area (TPSA) is 99.7 Å². The van der Waals surface area contributed by atoms with Gasteiger partial charge in [-0.2, -0.15) is 4.98 Å². The lowest BCUT2D eigenvalue weighted by Gasteiger charge is -2.17. The number of aromatic carboxylic acids is 1. The normalized spacial score (nSPS) is 18.6. The van der Waals surface area contributed by atoms with Crippen molar-refractivity contribution in [1.82, 2.24) is 9.97 Å². The number of carboxylic acids is 1. The fourth-order valence-electron chi connectivity index (χ4n) is 1.47. The van der Waals surface area contributed by atoms with Gasteiger partial charge in [-0.3, -0.25) is 0 Å². The Morgan fingerprint density at radius 1 is 1.60 bits per heavy atom. The van der Waals surface area contributed by atoms with E-state index in [-0.39, 0.29) is 28.3 Å². The first-order chi connectivity index (χ1) is 9.47. The summed E-state index contributed by atoms with van der Waals surface area (Å²) in [5.41, 5.74) is -0.450. The third kappa shape index (κ3) is 4.17. The predicted octanol–water partition coefficient (Wildman–Crippen LogP) is 0.363. The molecule has 1 saturated heterocycles. The summed E-state index contributed by atoms with van der Waals surface area (Å²) in [6.45, 7) is 3.47. The first-order valence-corrected chi connectivity index (χ1v) is 6.63. The Bertz CT molecular complexity index is 511. The van der Waals surface area contributed by atoms with Crippen LogP contribution in [0.5, 0.6) is 0 Å². The molecule has 0 aliphatic carbocycles. The van der Waals surface area contributed by atoms with Crippen molar-refractivity contribution in [2.24, 2.45) is 0 Å². The average Bonchev–Trinajstić information content (AvgIpc) is 3.17. The van der Waals surface area contributed by atoms with Gasteiger partial charge < -0.3 is 24.7 Å². The summed E-state index contributed by atoms with van der Waals surface area (Å²) >= 11 is 11.5. The first-order valence-electron chi connectivity index (χ1n) is 5.87. The molecule has 1 aliphatic rings. The molecule has 2 atom stereocenters. The van der Waals surface area contributed by atoms with Crippen molar-refractivity contribution in [2.75, 3.05) is 25.1 Å². The van der Waals surface area contributed by atoms with Gasteiger partial charge in [0.25, 0.3) is 0 Å². The monoisotopic (exact) mass is 320 g/mol. The van der Waals surface area contributed by atoms with Gasteiger partial charge in [-0.25, -0.2) is 4.98 Å². The molecule has 110 valence electrons. The lowest BCUT2D eigenvalue weighted by molar-refractivity contribution is -0.255. The molecule has 0 aromatic carbocycles. The highest BCUT2D eigenvalue weighted by molar-refractivity contribution is 6.36. The van der Waals surface area contributed by atoms with Crippen molar-refractivity contribution in [3.8, 4) is 0 Å². The molecule has 9 heteroatoms. The number of rotatable bonds is 7. The van der Waals surface area contributed by atoms with Gasteiger partial charge in [-0.1, -0.05) is 11.6 Å². The van der Waals surface area contributed by atoms with E-state index in [2.05, 4.69) is 15.3 Å². The molecule has 0 spiro atoms. The van der Waals surface area contributed by atoms with E-state index in [1.54, 1.807) is 0 Å². The van der Waals surface area contributed by atoms with E-state index in [1.165, 1.54) is 0 Å². The summed E-state index contributed by atoms with van der Waals surface area (Å²) in [6, 6.07) is -0.146. The van der Waals surface area contributed by atoms with Crippen LogP contribution >= 0.6 is 23.2 Å². The number of anilines is 1. The maximum Gasteiger partial charge on any atom is 0.225 e. The van der Waals surface area contributed by atoms with Gasteiger partial charge in [0.15, 0.2) is 5.82 Å². The average molecular weight is 321 g/mol. The molecule has 1 aromatic heterocycles. The van der Waals surface area contributed by atoms with Crippen molar-refractivity contribution in [2.45, 2.75) is 19.1 Å². The molecule has 20 heavy (non-hydrogen) atoms. The van der Waals surface area contributed by atoms with E-state index in [4.69, 9.17) is 32.7 Å². The van der Waals surface area contributed by atoms with Crippen LogP contribution in [0.3, 0.4) is 0 Å². The zero-order chi connectivity index (χ0) is 14.7. The Labute approximate surface area is 125 Å². The summed E-state index contributed by atoms with van der Waals surface area (Å²) in [5.74, 6) is -1.39. The Morgan fingerprint density at radius 3 is 2.90 bits per heavy atom. The highest BCUT2D eigenvalue weighted by atomic mass is 35.5. The largest absolute Gasteiger partial charge is 0.543 e. The fourth-order valence-corrected chi connectivity index (χ4v) is 1.85. The molecule has 0 radical (unpaired) electrons. The molecule has 0 bridgehead atoms. The molecule has 0 amide bonds. The number of halogens is 2. The highest BCUT2D eigenvalue weighted by Crippen LogP contribution is 2.24. The second kappa shape index (κ2) is 6.53. The number of nitrogens with zero attached hydrogens (tertiary/aromatic N) is 2. The van der Waals surface area contributed by atoms with E-state index >= 15 is 0 Å². The van der Waals surface area contributed by atoms with Crippen molar-refractivity contribution >= 4 is 35.0 Å². The Morgan fingerprint density at radius 2 is 2.30 bits per heavy atom. The zero-order valence-electron chi connectivity index (χ0n) is 10.6. The van der Waals surface area contributed by atoms with E-state index in [9.17, 15) is 9.90 Å². The Hall–Kier alpha value is -1.15. The van der Waals surface area contributed by atoms with Crippen molar-refractivity contribution in [3.63, 3.8) is 0 Å². The summed E-state index contributed by atoms with van der Waals surface area (Å²) in [7, 11) is 0. The number of carboxylic acid groups (broad SMARTS) is 1. The quantitative estimate of drug-likeness (QED) is 0.572. The van der Waals surface area contributed by atoms with Gasteiger partial charge in [-0.05, 0) is 18.5 Å². The van der Waals surface area contributed by atoms with E-state index < -0.39 is 11.7 Å². The lowest BCUT2D eigenvalue weighted by atomic mass is 10.3. The van der Waals surface area contributed by atoms with Crippen molar-refractivity contribution in [1.29, 1.82) is 0 Å². The van der Waals surface area contributed by atoms with Gasteiger partial charge >= 0.3 is 0 Å². The Kier molecular flexibility index (Phi) is 4.98. The third-order valence-corrected chi connectivity index (χ3v) is 3.00. The maximum absolute atomic E-state index is 10.9. The molecule has 7 nitrogen and oxygen atoms in total. The zero-order valence-corrected chi connectivity index (χ0v) is 12.1. The first kappa shape index (κ1) is 15.2. The molecule has 1 aliphatic heterocycles. The molecule has 1 N–H and O–H groups in total. The lowest BCUT2D eigenvalue weighted by Crippen LogP contribution is -2.27. The highest BCUT2D eigenvalue weighted by Gasteiger charge is 2.22. The van der Waals surface area contributed by atoms with Crippen LogP contribution in [0.25, 0.3) is 0 Å². The Balaban J connectivity index is 1.98. The van der Waals surface area contributed by atoms with Crippen LogP contribution in [0.1, 0.15) is 17.4 Å². The predicted molar refractivity (Wildman–Crippen MR) is 70.0 cm³/mol. The van der Waals surface area contributed by atoms with Crippen LogP contribution in [0.4, 0.5) is 5.82 Å². The van der Waals surface area contributed by atoms with E-state index in [0.717, 1.165) is 6.61 Å². The molecule has 1 fully saturated rings. The standard InChI is InChI=1S/C11H13Cl2N3O4/c1-5(2-19-3-6-4-20-6)14-9-7(12)8(10(17)18)15-11(13)16-9/h5-6H,2-4H2,1H3,(H,17,18)(H,14,15,16)/p-1/t5-,6-/m1/s1. The van der Waals surface area contributed by atoms with Crippen LogP contribution in [-0.4, -0.2) is 47.9 Å². The van der Waals surface area contributed by atoms with Gasteiger partial charge in [0.05, 0.1) is 25.8 Å². The van der Waals surface area contributed by atoms with Gasteiger partial charge in [-0.15, -0.1) is 0 Å². The minimum Gasteiger partial charge on any atom is -0.543 e. The number of nitrogens with one attached hydrogen (secondary N) is 1. The molecule has 2 rings (SSSR count). The maximum atomic E-state index is 10.9. The van der Waals surface area contributed by atoms with Crippen LogP contribution in [0, 0.1) is 0 Å². The van der Waals surface area contributed by atoms with Gasteiger partial charge in [0, 0.05) is 6.04 Å². The second-order valence-electron chi connectivity index (χ2n) is 4.33. The number of hydrogen-bond donors (Lipinski definition) is 1. The fraction of sp³-hybridized carbons (Fsp3) is 0.545. The number of aromatic nitrogens is 2.